The molecule has 4 aromatic rings. The summed E-state index contributed by atoms with van der Waals surface area (Å²) in [5, 5.41) is 4.40. The molecule has 7 heteroatoms. The number of rotatable bonds is 4. The molecule has 124 valence electrons. The number of hydrogen-bond donors (Lipinski definition) is 2. The first kappa shape index (κ1) is 15.6. The van der Waals surface area contributed by atoms with Gasteiger partial charge in [-0.15, -0.1) is 0 Å². The van der Waals surface area contributed by atoms with Crippen molar-refractivity contribution in [2.24, 2.45) is 0 Å². The standard InChI is InChI=1S/C18H13FN4OS/c19-11-4-3-5-12(8-11)22-15(24)9-25-18-17-16(20-10-21-18)13-6-1-2-7-14(13)23-17/h1-8,10,23H,9H2,(H,22,24). The average Bonchev–Trinajstić information content (AvgIpc) is 2.99. The maximum Gasteiger partial charge on any atom is 0.234 e. The molecule has 0 aliphatic carbocycles. The normalized spacial score (nSPS) is 11.1. The first-order valence-electron chi connectivity index (χ1n) is 7.60. The van der Waals surface area contributed by atoms with E-state index in [2.05, 4.69) is 20.3 Å². The number of anilines is 1. The Kier molecular flexibility index (Phi) is 4.07. The number of fused-ring (bicyclic) bond motifs is 3. The number of halogens is 1. The second kappa shape index (κ2) is 6.52. The third-order valence-electron chi connectivity index (χ3n) is 3.70. The molecule has 0 radical (unpaired) electrons. The Morgan fingerprint density at radius 3 is 2.92 bits per heavy atom. The predicted octanol–water partition coefficient (Wildman–Crippen LogP) is 3.98. The van der Waals surface area contributed by atoms with Crippen LogP contribution < -0.4 is 5.32 Å². The van der Waals surface area contributed by atoms with Gasteiger partial charge < -0.3 is 10.3 Å². The Labute approximate surface area is 146 Å². The molecular weight excluding hydrogens is 339 g/mol. The van der Waals surface area contributed by atoms with Crippen molar-refractivity contribution in [3.63, 3.8) is 0 Å². The van der Waals surface area contributed by atoms with Crippen LogP contribution in [0.4, 0.5) is 10.1 Å². The number of benzene rings is 2. The summed E-state index contributed by atoms with van der Waals surface area (Å²) in [4.78, 5) is 24.0. The van der Waals surface area contributed by atoms with Crippen LogP contribution in [0.15, 0.2) is 59.9 Å². The van der Waals surface area contributed by atoms with Gasteiger partial charge in [-0.25, -0.2) is 14.4 Å². The fourth-order valence-corrected chi connectivity index (χ4v) is 3.38. The van der Waals surface area contributed by atoms with E-state index < -0.39 is 0 Å². The number of nitrogens with one attached hydrogen (secondary N) is 2. The lowest BCUT2D eigenvalue weighted by atomic mass is 10.2. The van der Waals surface area contributed by atoms with E-state index in [0.717, 1.165) is 21.9 Å². The van der Waals surface area contributed by atoms with Crippen LogP contribution in [0.25, 0.3) is 21.9 Å². The van der Waals surface area contributed by atoms with Crippen LogP contribution in [0.2, 0.25) is 0 Å². The summed E-state index contributed by atoms with van der Waals surface area (Å²) in [5.41, 5.74) is 3.05. The zero-order chi connectivity index (χ0) is 17.2. The highest BCUT2D eigenvalue weighted by Gasteiger charge is 2.12. The van der Waals surface area contributed by atoms with Crippen molar-refractivity contribution in [2.75, 3.05) is 11.1 Å². The molecule has 2 aromatic carbocycles. The lowest BCUT2D eigenvalue weighted by Gasteiger charge is -2.05. The zero-order valence-electron chi connectivity index (χ0n) is 13.0. The van der Waals surface area contributed by atoms with Gasteiger partial charge in [-0.05, 0) is 24.3 Å². The second-order valence-electron chi connectivity index (χ2n) is 5.42. The molecule has 1 amide bonds. The number of carbonyl (C=O) groups is 1. The number of H-pyrrole nitrogens is 1. The first-order valence-corrected chi connectivity index (χ1v) is 8.59. The van der Waals surface area contributed by atoms with Gasteiger partial charge in [0, 0.05) is 16.6 Å². The highest BCUT2D eigenvalue weighted by atomic mass is 32.2. The lowest BCUT2D eigenvalue weighted by Crippen LogP contribution is -2.14. The first-order chi connectivity index (χ1) is 12.2. The van der Waals surface area contributed by atoms with Gasteiger partial charge in [0.05, 0.1) is 11.3 Å². The number of carbonyl (C=O) groups excluding carboxylic acids is 1. The third-order valence-corrected chi connectivity index (χ3v) is 4.69. The molecule has 2 N–H and O–H groups in total. The van der Waals surface area contributed by atoms with Gasteiger partial charge in [0.2, 0.25) is 5.91 Å². The average molecular weight is 352 g/mol. The monoisotopic (exact) mass is 352 g/mol. The molecule has 0 spiro atoms. The SMILES string of the molecule is O=C(CSc1ncnc2c1[nH]c1ccccc12)Nc1cccc(F)c1. The van der Waals surface area contributed by atoms with Crippen molar-refractivity contribution in [1.82, 2.24) is 15.0 Å². The van der Waals surface area contributed by atoms with E-state index in [1.54, 1.807) is 12.1 Å². The molecule has 4 rings (SSSR count). The number of para-hydroxylation sites is 1. The van der Waals surface area contributed by atoms with Gasteiger partial charge in [-0.3, -0.25) is 4.79 Å². The quantitative estimate of drug-likeness (QED) is 0.430. The fourth-order valence-electron chi connectivity index (χ4n) is 2.63. The molecule has 0 fully saturated rings. The number of hydrogen-bond acceptors (Lipinski definition) is 4. The minimum absolute atomic E-state index is 0.165. The summed E-state index contributed by atoms with van der Waals surface area (Å²) in [6, 6.07) is 13.7. The van der Waals surface area contributed by atoms with E-state index in [-0.39, 0.29) is 17.5 Å². The van der Waals surface area contributed by atoms with Crippen LogP contribution in [0, 0.1) is 5.82 Å². The van der Waals surface area contributed by atoms with Gasteiger partial charge in [-0.1, -0.05) is 36.0 Å². The molecule has 25 heavy (non-hydrogen) atoms. The molecule has 0 aliphatic rings. The molecule has 0 unspecified atom stereocenters. The van der Waals surface area contributed by atoms with Gasteiger partial charge in [0.1, 0.15) is 22.7 Å². The third kappa shape index (κ3) is 3.18. The Morgan fingerprint density at radius 2 is 2.04 bits per heavy atom. The summed E-state index contributed by atoms with van der Waals surface area (Å²) in [7, 11) is 0. The Hall–Kier alpha value is -2.93. The van der Waals surface area contributed by atoms with Gasteiger partial charge in [0.25, 0.3) is 0 Å². The second-order valence-corrected chi connectivity index (χ2v) is 6.38. The van der Waals surface area contributed by atoms with E-state index in [0.29, 0.717) is 10.7 Å². The number of aromatic nitrogens is 3. The molecular formula is C18H13FN4OS. The van der Waals surface area contributed by atoms with Crippen LogP contribution in [-0.2, 0) is 4.79 Å². The zero-order valence-corrected chi connectivity index (χ0v) is 13.8. The topological polar surface area (TPSA) is 70.7 Å². The summed E-state index contributed by atoms with van der Waals surface area (Å²) in [5.74, 6) is -0.447. The molecule has 0 atom stereocenters. The number of aromatic amines is 1. The smallest absolute Gasteiger partial charge is 0.234 e. The number of thioether (sulfide) groups is 1. The molecule has 0 saturated carbocycles. The van der Waals surface area contributed by atoms with E-state index in [1.165, 1.54) is 30.2 Å². The van der Waals surface area contributed by atoms with Crippen LogP contribution >= 0.6 is 11.8 Å². The molecule has 0 aliphatic heterocycles. The fraction of sp³-hybridized carbons (Fsp3) is 0.0556. The molecule has 2 heterocycles. The maximum absolute atomic E-state index is 13.2. The van der Waals surface area contributed by atoms with Gasteiger partial charge >= 0.3 is 0 Å². The van der Waals surface area contributed by atoms with Crippen LogP contribution in [0.1, 0.15) is 0 Å². The van der Waals surface area contributed by atoms with Crippen LogP contribution in [0.3, 0.4) is 0 Å². The number of nitrogens with zero attached hydrogens (tertiary/aromatic N) is 2. The van der Waals surface area contributed by atoms with Crippen molar-refractivity contribution in [3.8, 4) is 0 Å². The van der Waals surface area contributed by atoms with E-state index in [9.17, 15) is 9.18 Å². The minimum Gasteiger partial charge on any atom is -0.351 e. The summed E-state index contributed by atoms with van der Waals surface area (Å²) in [6.07, 6.45) is 1.50. The van der Waals surface area contributed by atoms with E-state index in [4.69, 9.17) is 0 Å². The van der Waals surface area contributed by atoms with Crippen molar-refractivity contribution in [1.29, 1.82) is 0 Å². The summed E-state index contributed by atoms with van der Waals surface area (Å²) >= 11 is 1.31. The lowest BCUT2D eigenvalue weighted by molar-refractivity contribution is -0.113. The highest BCUT2D eigenvalue weighted by Crippen LogP contribution is 2.29. The largest absolute Gasteiger partial charge is 0.351 e. The van der Waals surface area contributed by atoms with Gasteiger partial charge in [-0.2, -0.15) is 0 Å². The minimum atomic E-state index is -0.388. The molecule has 5 nitrogen and oxygen atoms in total. The van der Waals surface area contributed by atoms with Crippen molar-refractivity contribution < 1.29 is 9.18 Å². The molecule has 2 aromatic heterocycles. The van der Waals surface area contributed by atoms with Crippen LogP contribution in [-0.4, -0.2) is 26.6 Å². The highest BCUT2D eigenvalue weighted by molar-refractivity contribution is 8.00. The summed E-state index contributed by atoms with van der Waals surface area (Å²) in [6.45, 7) is 0. The van der Waals surface area contributed by atoms with Crippen molar-refractivity contribution >= 4 is 45.3 Å². The molecule has 0 bridgehead atoms. The summed E-state index contributed by atoms with van der Waals surface area (Å²) < 4.78 is 13.2. The Balaban J connectivity index is 1.54. The maximum atomic E-state index is 13.2. The Bertz CT molecular complexity index is 1080. The van der Waals surface area contributed by atoms with Crippen molar-refractivity contribution in [2.45, 2.75) is 5.03 Å². The van der Waals surface area contributed by atoms with Gasteiger partial charge in [0.15, 0.2) is 0 Å². The van der Waals surface area contributed by atoms with Crippen LogP contribution in [0.5, 0.6) is 0 Å². The van der Waals surface area contributed by atoms with E-state index in [1.807, 2.05) is 24.3 Å². The predicted molar refractivity (Wildman–Crippen MR) is 97.1 cm³/mol. The van der Waals surface area contributed by atoms with Crippen molar-refractivity contribution in [3.05, 3.63) is 60.7 Å². The van der Waals surface area contributed by atoms with E-state index >= 15 is 0 Å². The molecule has 0 saturated heterocycles. The number of amides is 1. The Morgan fingerprint density at radius 1 is 1.16 bits per heavy atom.